The average molecular weight is 425 g/mol. The standard InChI is InChI=1S/C18H24N4O4S2/c1-5-21(11-15(23)19-18(2,3)4)16(24)12-6-7-13-14(10-12)27-17-20-28(25,26)9-8-22(13)17/h6-7,10H,5,8-9,11H2,1-4H3,(H,19,23). The molecule has 0 saturated heterocycles. The first-order valence-corrected chi connectivity index (χ1v) is 11.4. The van der Waals surface area contributed by atoms with Crippen LogP contribution >= 0.6 is 11.8 Å². The number of benzene rings is 1. The van der Waals surface area contributed by atoms with Gasteiger partial charge in [0.05, 0.1) is 18.0 Å². The van der Waals surface area contributed by atoms with Crippen LogP contribution in [0, 0.1) is 0 Å². The molecule has 2 aliphatic heterocycles. The monoisotopic (exact) mass is 424 g/mol. The van der Waals surface area contributed by atoms with Gasteiger partial charge in [-0.1, -0.05) is 0 Å². The van der Waals surface area contributed by atoms with Crippen LogP contribution < -0.4 is 10.2 Å². The van der Waals surface area contributed by atoms with Crippen molar-refractivity contribution in [2.75, 3.05) is 30.3 Å². The summed E-state index contributed by atoms with van der Waals surface area (Å²) in [6, 6.07) is 5.25. The Morgan fingerprint density at radius 3 is 2.68 bits per heavy atom. The van der Waals surface area contributed by atoms with E-state index in [2.05, 4.69) is 9.71 Å². The largest absolute Gasteiger partial charge is 0.350 e. The van der Waals surface area contributed by atoms with Gasteiger partial charge in [-0.15, -0.1) is 4.40 Å². The molecule has 2 heterocycles. The third kappa shape index (κ3) is 4.49. The van der Waals surface area contributed by atoms with E-state index in [1.165, 1.54) is 16.7 Å². The smallest absolute Gasteiger partial charge is 0.257 e. The highest BCUT2D eigenvalue weighted by atomic mass is 32.2. The van der Waals surface area contributed by atoms with Gasteiger partial charge in [-0.25, -0.2) is 8.42 Å². The molecule has 0 saturated carbocycles. The highest BCUT2D eigenvalue weighted by Gasteiger charge is 2.33. The zero-order chi connectivity index (χ0) is 20.7. The normalized spacial score (nSPS) is 17.4. The summed E-state index contributed by atoms with van der Waals surface area (Å²) in [6.07, 6.45) is 0. The van der Waals surface area contributed by atoms with Gasteiger partial charge >= 0.3 is 0 Å². The lowest BCUT2D eigenvalue weighted by molar-refractivity contribution is -0.123. The minimum absolute atomic E-state index is 0.0199. The van der Waals surface area contributed by atoms with Crippen molar-refractivity contribution in [3.63, 3.8) is 0 Å². The number of carbonyl (C=O) groups excluding carboxylic acids is 2. The minimum Gasteiger partial charge on any atom is -0.350 e. The third-order valence-corrected chi connectivity index (χ3v) is 6.54. The summed E-state index contributed by atoms with van der Waals surface area (Å²) in [4.78, 5) is 29.2. The SMILES string of the molecule is CCN(CC(=O)NC(C)(C)C)C(=O)c1ccc2c(c1)SC1=NS(=O)(=O)CCN12. The summed E-state index contributed by atoms with van der Waals surface area (Å²) >= 11 is 1.24. The van der Waals surface area contributed by atoms with E-state index >= 15 is 0 Å². The number of sulfonamides is 1. The predicted octanol–water partition coefficient (Wildman–Crippen LogP) is 1.67. The quantitative estimate of drug-likeness (QED) is 0.789. The fraction of sp³-hybridized carbons (Fsp3) is 0.500. The zero-order valence-corrected chi connectivity index (χ0v) is 18.0. The molecule has 10 heteroatoms. The number of thioether (sulfide) groups is 1. The summed E-state index contributed by atoms with van der Waals surface area (Å²) in [5.74, 6) is -0.478. The van der Waals surface area contributed by atoms with Gasteiger partial charge in [0.1, 0.15) is 0 Å². The van der Waals surface area contributed by atoms with Crippen molar-refractivity contribution >= 4 is 44.5 Å². The fourth-order valence-corrected chi connectivity index (χ4v) is 5.30. The molecule has 0 aromatic heterocycles. The number of fused-ring (bicyclic) bond motifs is 3. The Labute approximate surface area is 169 Å². The van der Waals surface area contributed by atoms with E-state index in [0.29, 0.717) is 23.8 Å². The first kappa shape index (κ1) is 20.7. The van der Waals surface area contributed by atoms with Crippen LogP contribution in [0.15, 0.2) is 27.5 Å². The Morgan fingerprint density at radius 1 is 1.32 bits per heavy atom. The van der Waals surface area contributed by atoms with Gasteiger partial charge in [-0.05, 0) is 57.7 Å². The Bertz CT molecular complexity index is 951. The molecular formula is C18H24N4O4S2. The molecule has 0 unspecified atom stereocenters. The molecule has 152 valence electrons. The molecule has 2 aliphatic rings. The Morgan fingerprint density at radius 2 is 2.04 bits per heavy atom. The summed E-state index contributed by atoms with van der Waals surface area (Å²) in [6.45, 7) is 8.22. The van der Waals surface area contributed by atoms with Gasteiger partial charge in [0.15, 0.2) is 5.17 Å². The highest BCUT2D eigenvalue weighted by Crippen LogP contribution is 2.42. The van der Waals surface area contributed by atoms with Gasteiger partial charge in [0, 0.05) is 29.1 Å². The zero-order valence-electron chi connectivity index (χ0n) is 16.4. The second-order valence-corrected chi connectivity index (χ2v) is 10.5. The van der Waals surface area contributed by atoms with E-state index in [1.807, 2.05) is 32.6 Å². The van der Waals surface area contributed by atoms with Crippen LogP contribution in [-0.2, 0) is 14.8 Å². The van der Waals surface area contributed by atoms with Crippen LogP contribution in [0.5, 0.6) is 0 Å². The van der Waals surface area contributed by atoms with Crippen LogP contribution in [0.25, 0.3) is 0 Å². The lowest BCUT2D eigenvalue weighted by Gasteiger charge is -2.25. The molecule has 0 fully saturated rings. The first-order chi connectivity index (χ1) is 13.0. The van der Waals surface area contributed by atoms with E-state index in [4.69, 9.17) is 0 Å². The second-order valence-electron chi connectivity index (χ2n) is 7.71. The number of nitrogens with one attached hydrogen (secondary N) is 1. The minimum atomic E-state index is -3.42. The van der Waals surface area contributed by atoms with Crippen LogP contribution in [0.1, 0.15) is 38.1 Å². The number of amidine groups is 1. The molecule has 0 radical (unpaired) electrons. The molecule has 3 rings (SSSR count). The average Bonchev–Trinajstić information content (AvgIpc) is 2.92. The Hall–Kier alpha value is -2.07. The van der Waals surface area contributed by atoms with Crippen LogP contribution in [0.3, 0.4) is 0 Å². The third-order valence-electron chi connectivity index (χ3n) is 4.24. The molecule has 0 bridgehead atoms. The molecule has 2 amide bonds. The number of anilines is 1. The lowest BCUT2D eigenvalue weighted by atomic mass is 10.1. The van der Waals surface area contributed by atoms with Crippen LogP contribution in [-0.4, -0.2) is 61.2 Å². The number of hydrogen-bond donors (Lipinski definition) is 1. The van der Waals surface area contributed by atoms with Gasteiger partial charge in [-0.3, -0.25) is 9.59 Å². The molecule has 8 nitrogen and oxygen atoms in total. The molecule has 0 atom stereocenters. The van der Waals surface area contributed by atoms with E-state index in [1.54, 1.807) is 18.2 Å². The molecule has 0 aliphatic carbocycles. The molecule has 1 N–H and O–H groups in total. The maximum atomic E-state index is 12.9. The Kier molecular flexibility index (Phi) is 5.46. The summed E-state index contributed by atoms with van der Waals surface area (Å²) in [5, 5.41) is 3.28. The lowest BCUT2D eigenvalue weighted by Crippen LogP contribution is -2.47. The second kappa shape index (κ2) is 7.40. The first-order valence-electron chi connectivity index (χ1n) is 9.01. The number of amides is 2. The van der Waals surface area contributed by atoms with Crippen LogP contribution in [0.2, 0.25) is 0 Å². The molecule has 28 heavy (non-hydrogen) atoms. The predicted molar refractivity (Wildman–Crippen MR) is 110 cm³/mol. The van der Waals surface area contributed by atoms with Crippen molar-refractivity contribution in [1.82, 2.24) is 10.2 Å². The summed E-state index contributed by atoms with van der Waals surface area (Å²) in [7, 11) is -3.42. The van der Waals surface area contributed by atoms with E-state index in [0.717, 1.165) is 10.6 Å². The van der Waals surface area contributed by atoms with Crippen LogP contribution in [0.4, 0.5) is 5.69 Å². The summed E-state index contributed by atoms with van der Waals surface area (Å²) in [5.41, 5.74) is 0.943. The van der Waals surface area contributed by atoms with Gasteiger partial charge in [0.2, 0.25) is 5.91 Å². The van der Waals surface area contributed by atoms with Gasteiger partial charge < -0.3 is 15.1 Å². The van der Waals surface area contributed by atoms with Crippen molar-refractivity contribution in [2.45, 2.75) is 38.1 Å². The molecular weight excluding hydrogens is 400 g/mol. The number of rotatable bonds is 4. The molecule has 0 spiro atoms. The highest BCUT2D eigenvalue weighted by molar-refractivity contribution is 8.15. The number of likely N-dealkylation sites (N-methyl/N-ethyl adjacent to an activating group) is 1. The fourth-order valence-electron chi connectivity index (χ4n) is 3.00. The van der Waals surface area contributed by atoms with Crippen molar-refractivity contribution in [3.8, 4) is 0 Å². The van der Waals surface area contributed by atoms with Crippen molar-refractivity contribution < 1.29 is 18.0 Å². The maximum absolute atomic E-state index is 12.9. The molecule has 1 aromatic rings. The van der Waals surface area contributed by atoms with Gasteiger partial charge in [0.25, 0.3) is 15.9 Å². The van der Waals surface area contributed by atoms with Crippen molar-refractivity contribution in [2.24, 2.45) is 4.40 Å². The summed E-state index contributed by atoms with van der Waals surface area (Å²) < 4.78 is 27.3. The van der Waals surface area contributed by atoms with E-state index in [-0.39, 0.29) is 29.7 Å². The van der Waals surface area contributed by atoms with Crippen molar-refractivity contribution in [1.29, 1.82) is 0 Å². The van der Waals surface area contributed by atoms with Crippen molar-refractivity contribution in [3.05, 3.63) is 23.8 Å². The maximum Gasteiger partial charge on any atom is 0.257 e. The topological polar surface area (TPSA) is 99.1 Å². The number of carbonyl (C=O) groups is 2. The van der Waals surface area contributed by atoms with E-state index < -0.39 is 10.0 Å². The number of hydrogen-bond acceptors (Lipinski definition) is 6. The number of nitrogens with zero attached hydrogens (tertiary/aromatic N) is 3. The Balaban J connectivity index is 1.78. The van der Waals surface area contributed by atoms with Gasteiger partial charge in [-0.2, -0.15) is 0 Å². The molecule has 1 aromatic carbocycles. The van der Waals surface area contributed by atoms with E-state index in [9.17, 15) is 18.0 Å².